The van der Waals surface area contributed by atoms with E-state index in [-0.39, 0.29) is 30.0 Å². The number of aromatic nitrogens is 1. The molecular weight excluding hydrogens is 338 g/mol. The van der Waals surface area contributed by atoms with Crippen LogP contribution >= 0.6 is 0 Å². The van der Waals surface area contributed by atoms with Gasteiger partial charge in [-0.25, -0.2) is 0 Å². The number of nitrogens with one attached hydrogen (secondary N) is 1. The van der Waals surface area contributed by atoms with Gasteiger partial charge in [-0.15, -0.1) is 0 Å². The van der Waals surface area contributed by atoms with Gasteiger partial charge in [-0.1, -0.05) is 11.2 Å². The Balaban J connectivity index is 2.24. The van der Waals surface area contributed by atoms with Gasteiger partial charge in [0.05, 0.1) is 14.2 Å². The third-order valence-electron chi connectivity index (χ3n) is 3.74. The summed E-state index contributed by atoms with van der Waals surface area (Å²) in [5, 5.41) is 6.33. The number of anilines is 1. The molecule has 0 radical (unpaired) electrons. The molecule has 0 saturated carbocycles. The summed E-state index contributed by atoms with van der Waals surface area (Å²) in [4.78, 5) is 26.9. The molecule has 26 heavy (non-hydrogen) atoms. The Morgan fingerprint density at radius 2 is 1.85 bits per heavy atom. The molecule has 0 aliphatic rings. The number of aryl methyl sites for hydroxylation is 1. The molecule has 0 unspecified atom stereocenters. The van der Waals surface area contributed by atoms with Crippen molar-refractivity contribution < 1.29 is 23.6 Å². The second kappa shape index (κ2) is 8.37. The topological polar surface area (TPSA) is 93.9 Å². The fraction of sp³-hybridized carbons (Fsp3) is 0.389. The predicted octanol–water partition coefficient (Wildman–Crippen LogP) is 2.49. The van der Waals surface area contributed by atoms with Crippen molar-refractivity contribution in [2.45, 2.75) is 26.8 Å². The molecule has 8 nitrogen and oxygen atoms in total. The third kappa shape index (κ3) is 4.33. The molecule has 0 aliphatic carbocycles. The Morgan fingerprint density at radius 3 is 2.31 bits per heavy atom. The molecule has 2 amide bonds. The highest BCUT2D eigenvalue weighted by Crippen LogP contribution is 2.30. The summed E-state index contributed by atoms with van der Waals surface area (Å²) in [7, 11) is 2.95. The third-order valence-corrected chi connectivity index (χ3v) is 3.74. The van der Waals surface area contributed by atoms with Gasteiger partial charge in [0.2, 0.25) is 5.91 Å². The summed E-state index contributed by atoms with van der Waals surface area (Å²) in [5.41, 5.74) is 0.274. The molecule has 2 aromatic rings. The van der Waals surface area contributed by atoms with E-state index in [2.05, 4.69) is 10.5 Å². The lowest BCUT2D eigenvalue weighted by atomic mass is 10.1. The number of hydrogen-bond donors (Lipinski definition) is 1. The van der Waals surface area contributed by atoms with E-state index < -0.39 is 0 Å². The molecule has 1 aromatic carbocycles. The van der Waals surface area contributed by atoms with E-state index in [0.29, 0.717) is 23.1 Å². The highest BCUT2D eigenvalue weighted by Gasteiger charge is 2.27. The maximum Gasteiger partial charge on any atom is 0.262 e. The zero-order chi connectivity index (χ0) is 19.3. The van der Waals surface area contributed by atoms with Crippen molar-refractivity contribution in [1.29, 1.82) is 0 Å². The van der Waals surface area contributed by atoms with Gasteiger partial charge >= 0.3 is 0 Å². The first kappa shape index (κ1) is 19.3. The smallest absolute Gasteiger partial charge is 0.262 e. The lowest BCUT2D eigenvalue weighted by Crippen LogP contribution is -2.42. The molecular formula is C18H23N3O5. The Hall–Kier alpha value is -3.03. The lowest BCUT2D eigenvalue weighted by molar-refractivity contribution is -0.117. The van der Waals surface area contributed by atoms with Crippen molar-refractivity contribution in [2.24, 2.45) is 0 Å². The number of nitrogens with zero attached hydrogens (tertiary/aromatic N) is 2. The zero-order valence-corrected chi connectivity index (χ0v) is 15.5. The van der Waals surface area contributed by atoms with Crippen LogP contribution in [0.25, 0.3) is 0 Å². The molecule has 8 heteroatoms. The van der Waals surface area contributed by atoms with Crippen molar-refractivity contribution in [3.05, 3.63) is 35.6 Å². The number of hydrogen-bond acceptors (Lipinski definition) is 6. The summed E-state index contributed by atoms with van der Waals surface area (Å²) in [5.74, 6) is 0.907. The number of carbonyl (C=O) groups is 2. The molecule has 1 aromatic heterocycles. The van der Waals surface area contributed by atoms with Crippen molar-refractivity contribution in [2.75, 3.05) is 26.1 Å². The SMILES string of the molecule is COc1cccc(OC)c1C(=O)N(CC(=O)Nc1cc(C)on1)C(C)C. The first-order valence-electron chi connectivity index (χ1n) is 8.12. The van der Waals surface area contributed by atoms with Crippen LogP contribution in [0.4, 0.5) is 5.82 Å². The van der Waals surface area contributed by atoms with Crippen LogP contribution in [-0.4, -0.2) is 48.7 Å². The second-order valence-corrected chi connectivity index (χ2v) is 5.94. The number of rotatable bonds is 7. The molecule has 2 rings (SSSR count). The van der Waals surface area contributed by atoms with Crippen LogP contribution in [-0.2, 0) is 4.79 Å². The summed E-state index contributed by atoms with van der Waals surface area (Å²) in [6.45, 7) is 5.23. The van der Waals surface area contributed by atoms with Gasteiger partial charge in [0, 0.05) is 12.1 Å². The van der Waals surface area contributed by atoms with Gasteiger partial charge in [0.15, 0.2) is 5.82 Å². The maximum atomic E-state index is 13.1. The monoisotopic (exact) mass is 361 g/mol. The number of methoxy groups -OCH3 is 2. The highest BCUT2D eigenvalue weighted by molar-refractivity contribution is 6.02. The lowest BCUT2D eigenvalue weighted by Gasteiger charge is -2.27. The standard InChI is InChI=1S/C18H23N3O5/c1-11(2)21(10-16(22)19-15-9-12(3)26-20-15)18(23)17-13(24-4)7-6-8-14(17)25-5/h6-9,11H,10H2,1-5H3,(H,19,20,22). The molecule has 0 fully saturated rings. The van der Waals surface area contributed by atoms with Crippen molar-refractivity contribution in [1.82, 2.24) is 10.1 Å². The Labute approximate surface area is 152 Å². The van der Waals surface area contributed by atoms with Gasteiger partial charge in [-0.2, -0.15) is 0 Å². The minimum Gasteiger partial charge on any atom is -0.496 e. The van der Waals surface area contributed by atoms with Crippen LogP contribution < -0.4 is 14.8 Å². The van der Waals surface area contributed by atoms with E-state index in [0.717, 1.165) is 0 Å². The highest BCUT2D eigenvalue weighted by atomic mass is 16.5. The van der Waals surface area contributed by atoms with Crippen LogP contribution in [0.1, 0.15) is 30.0 Å². The van der Waals surface area contributed by atoms with Crippen LogP contribution in [0.5, 0.6) is 11.5 Å². The Bertz CT molecular complexity index is 763. The fourth-order valence-electron chi connectivity index (χ4n) is 2.46. The minimum atomic E-state index is -0.380. The second-order valence-electron chi connectivity index (χ2n) is 5.94. The molecule has 0 aliphatic heterocycles. The largest absolute Gasteiger partial charge is 0.496 e. The molecule has 1 N–H and O–H groups in total. The van der Waals surface area contributed by atoms with Gasteiger partial charge in [0.25, 0.3) is 5.91 Å². The van der Waals surface area contributed by atoms with E-state index in [4.69, 9.17) is 14.0 Å². The van der Waals surface area contributed by atoms with Crippen LogP contribution in [0.2, 0.25) is 0 Å². The summed E-state index contributed by atoms with van der Waals surface area (Å²) < 4.78 is 15.5. The van der Waals surface area contributed by atoms with Crippen molar-refractivity contribution in [3.63, 3.8) is 0 Å². The summed E-state index contributed by atoms with van der Waals surface area (Å²) in [6, 6.07) is 6.46. The van der Waals surface area contributed by atoms with E-state index in [1.807, 2.05) is 13.8 Å². The van der Waals surface area contributed by atoms with Crippen LogP contribution in [0.3, 0.4) is 0 Å². The van der Waals surface area contributed by atoms with E-state index in [9.17, 15) is 9.59 Å². The van der Waals surface area contributed by atoms with E-state index >= 15 is 0 Å². The number of benzene rings is 1. The molecule has 0 saturated heterocycles. The summed E-state index contributed by atoms with van der Waals surface area (Å²) in [6.07, 6.45) is 0. The average Bonchev–Trinajstić information content (AvgIpc) is 3.02. The Kier molecular flexibility index (Phi) is 6.21. The molecule has 1 heterocycles. The number of amides is 2. The maximum absolute atomic E-state index is 13.1. The van der Waals surface area contributed by atoms with Crippen LogP contribution in [0, 0.1) is 6.92 Å². The zero-order valence-electron chi connectivity index (χ0n) is 15.5. The Morgan fingerprint density at radius 1 is 1.23 bits per heavy atom. The first-order chi connectivity index (χ1) is 12.4. The van der Waals surface area contributed by atoms with Crippen LogP contribution in [0.15, 0.2) is 28.8 Å². The number of ether oxygens (including phenoxy) is 2. The van der Waals surface area contributed by atoms with E-state index in [1.54, 1.807) is 31.2 Å². The molecule has 0 spiro atoms. The fourth-order valence-corrected chi connectivity index (χ4v) is 2.46. The predicted molar refractivity (Wildman–Crippen MR) is 95.6 cm³/mol. The first-order valence-corrected chi connectivity index (χ1v) is 8.12. The van der Waals surface area contributed by atoms with Gasteiger partial charge in [0.1, 0.15) is 29.4 Å². The normalized spacial score (nSPS) is 10.5. The molecule has 0 bridgehead atoms. The van der Waals surface area contributed by atoms with E-state index in [1.165, 1.54) is 19.1 Å². The summed E-state index contributed by atoms with van der Waals surface area (Å²) >= 11 is 0. The minimum absolute atomic E-state index is 0.149. The molecule has 140 valence electrons. The van der Waals surface area contributed by atoms with Crippen molar-refractivity contribution in [3.8, 4) is 11.5 Å². The van der Waals surface area contributed by atoms with Gasteiger partial charge in [-0.05, 0) is 32.9 Å². The van der Waals surface area contributed by atoms with Crippen molar-refractivity contribution >= 4 is 17.6 Å². The number of carbonyl (C=O) groups excluding carboxylic acids is 2. The van der Waals surface area contributed by atoms with Gasteiger partial charge in [-0.3, -0.25) is 9.59 Å². The quantitative estimate of drug-likeness (QED) is 0.814. The molecule has 0 atom stereocenters. The van der Waals surface area contributed by atoms with Gasteiger partial charge < -0.3 is 24.2 Å². The average molecular weight is 361 g/mol.